The third kappa shape index (κ3) is 5.99. The monoisotopic (exact) mass is 576 g/mol. The molecule has 0 N–H and O–H groups in total. The van der Waals surface area contributed by atoms with E-state index in [1.807, 2.05) is 0 Å². The molecule has 0 spiro atoms. The molecule has 0 radical (unpaired) electrons. The fourth-order valence-corrected chi connectivity index (χ4v) is 4.01. The van der Waals surface area contributed by atoms with Gasteiger partial charge in [0.2, 0.25) is 0 Å². The van der Waals surface area contributed by atoms with Crippen molar-refractivity contribution in [3.63, 3.8) is 0 Å². The second kappa shape index (κ2) is 10.6. The normalized spacial score (nSPS) is 11.9. The molecule has 0 aliphatic carbocycles. The van der Waals surface area contributed by atoms with E-state index in [1.54, 1.807) is 0 Å². The molecule has 0 amide bonds. The minimum absolute atomic E-state index is 0.194. The van der Waals surface area contributed by atoms with Crippen LogP contribution in [0.2, 0.25) is 10.0 Å². The van der Waals surface area contributed by atoms with Crippen LogP contribution in [0.4, 0.5) is 32.2 Å². The Bertz CT molecular complexity index is 1170. The molecule has 1 aromatic carbocycles. The summed E-state index contributed by atoms with van der Waals surface area (Å²) in [6, 6.07) is 2.07. The Morgan fingerprint density at radius 2 is 1.64 bits per heavy atom. The topological polar surface area (TPSA) is 79.0 Å². The zero-order valence-electron chi connectivity index (χ0n) is 15.9. The van der Waals surface area contributed by atoms with Crippen LogP contribution >= 0.6 is 46.4 Å². The number of nitrogens with zero attached hydrogens (tertiary/aromatic N) is 4. The summed E-state index contributed by atoms with van der Waals surface area (Å²) in [4.78, 5) is -0.775. The lowest BCUT2D eigenvalue weighted by atomic mass is 10.2. The van der Waals surface area contributed by atoms with Crippen LogP contribution in [0.1, 0.15) is 11.3 Å². The van der Waals surface area contributed by atoms with Gasteiger partial charge in [0.05, 0.1) is 20.9 Å². The summed E-state index contributed by atoms with van der Waals surface area (Å²) in [6.07, 6.45) is -3.96. The Balaban J connectivity index is 0.00000172. The van der Waals surface area contributed by atoms with Crippen LogP contribution in [0.15, 0.2) is 29.8 Å². The lowest BCUT2D eigenvalue weighted by Crippen LogP contribution is -2.26. The van der Waals surface area contributed by atoms with Gasteiger partial charge in [-0.05, 0) is 18.3 Å². The zero-order chi connectivity index (χ0) is 25.9. The van der Waals surface area contributed by atoms with E-state index in [0.717, 1.165) is 18.1 Å². The molecule has 17 heteroatoms. The SMILES string of the molecule is C=CN(C)c1c(S(=O)(=O)C(F)(F)F)c(C#N)nn1-c1c(Cl)cc(C(F)(F)F)cc1Cl.ClCCl. The van der Waals surface area contributed by atoms with Crippen LogP contribution in [-0.2, 0) is 16.0 Å². The minimum Gasteiger partial charge on any atom is -0.335 e. The maximum atomic E-state index is 13.2. The second-order valence-electron chi connectivity index (χ2n) is 5.65. The van der Waals surface area contributed by atoms with Crippen LogP contribution in [0.3, 0.4) is 0 Å². The first kappa shape index (κ1) is 29.2. The molecule has 0 unspecified atom stereocenters. The molecule has 1 heterocycles. The first-order valence-corrected chi connectivity index (χ1v) is 11.2. The molecule has 33 heavy (non-hydrogen) atoms. The smallest absolute Gasteiger partial charge is 0.335 e. The van der Waals surface area contributed by atoms with Crippen molar-refractivity contribution in [1.29, 1.82) is 5.26 Å². The van der Waals surface area contributed by atoms with E-state index in [4.69, 9.17) is 51.7 Å². The predicted octanol–water partition coefficient (Wildman–Crippen LogP) is 6.36. The van der Waals surface area contributed by atoms with Crippen LogP contribution in [0, 0.1) is 11.3 Å². The molecule has 6 nitrogen and oxygen atoms in total. The molecule has 0 aliphatic heterocycles. The van der Waals surface area contributed by atoms with Crippen molar-refractivity contribution < 1.29 is 34.8 Å². The molecule has 2 rings (SSSR count). The first-order valence-electron chi connectivity index (χ1n) is 7.87. The maximum Gasteiger partial charge on any atom is 0.502 e. The van der Waals surface area contributed by atoms with Crippen molar-refractivity contribution in [3.8, 4) is 11.8 Å². The van der Waals surface area contributed by atoms with E-state index in [9.17, 15) is 34.8 Å². The van der Waals surface area contributed by atoms with Gasteiger partial charge in [0.25, 0.3) is 9.84 Å². The molecule has 0 atom stereocenters. The molecule has 2 aromatic rings. The summed E-state index contributed by atoms with van der Waals surface area (Å²) in [5.41, 5.74) is -8.83. The van der Waals surface area contributed by atoms with E-state index in [1.165, 1.54) is 6.07 Å². The van der Waals surface area contributed by atoms with E-state index >= 15 is 0 Å². The van der Waals surface area contributed by atoms with Crippen molar-refractivity contribution >= 4 is 62.1 Å². The van der Waals surface area contributed by atoms with Gasteiger partial charge in [0.15, 0.2) is 16.4 Å². The Hall–Kier alpha value is -1.85. The summed E-state index contributed by atoms with van der Waals surface area (Å²) in [5.74, 6) is -0.859. The van der Waals surface area contributed by atoms with E-state index < -0.39 is 59.2 Å². The third-order valence-corrected chi connectivity index (χ3v) is 5.76. The average Bonchev–Trinajstić information content (AvgIpc) is 3.05. The predicted molar refractivity (Wildman–Crippen MR) is 112 cm³/mol. The lowest BCUT2D eigenvalue weighted by Gasteiger charge is -2.20. The van der Waals surface area contributed by atoms with Gasteiger partial charge in [-0.3, -0.25) is 0 Å². The highest BCUT2D eigenvalue weighted by Crippen LogP contribution is 2.43. The first-order chi connectivity index (χ1) is 15.0. The Kier molecular flexibility index (Phi) is 9.38. The number of anilines is 1. The van der Waals surface area contributed by atoms with E-state index in [0.29, 0.717) is 16.8 Å². The van der Waals surface area contributed by atoms with Gasteiger partial charge in [-0.25, -0.2) is 13.1 Å². The number of halogens is 10. The largest absolute Gasteiger partial charge is 0.502 e. The molecule has 0 saturated heterocycles. The fourth-order valence-electron chi connectivity index (χ4n) is 2.31. The second-order valence-corrected chi connectivity index (χ2v) is 9.16. The quantitative estimate of drug-likeness (QED) is 0.312. The summed E-state index contributed by atoms with van der Waals surface area (Å²) >= 11 is 21.2. The number of alkyl halides is 8. The van der Waals surface area contributed by atoms with E-state index in [2.05, 4.69) is 11.7 Å². The van der Waals surface area contributed by atoms with E-state index in [-0.39, 0.29) is 5.34 Å². The molecular formula is C16H10Cl4F6N4O2S. The molecule has 0 fully saturated rings. The van der Waals surface area contributed by atoms with Gasteiger partial charge in [-0.15, -0.1) is 23.2 Å². The summed E-state index contributed by atoms with van der Waals surface area (Å²) in [5, 5.41) is 11.4. The highest BCUT2D eigenvalue weighted by molar-refractivity contribution is 7.92. The van der Waals surface area contributed by atoms with Gasteiger partial charge < -0.3 is 4.90 Å². The summed E-state index contributed by atoms with van der Waals surface area (Å²) in [7, 11) is -5.04. The zero-order valence-corrected chi connectivity index (χ0v) is 19.8. The highest BCUT2D eigenvalue weighted by atomic mass is 35.5. The number of sulfone groups is 1. The molecule has 182 valence electrons. The Morgan fingerprint density at radius 3 is 1.97 bits per heavy atom. The van der Waals surface area contributed by atoms with Gasteiger partial charge >= 0.3 is 11.7 Å². The highest BCUT2D eigenvalue weighted by Gasteiger charge is 2.51. The Morgan fingerprint density at radius 1 is 1.18 bits per heavy atom. The molecule has 1 aromatic heterocycles. The Labute approximate surface area is 203 Å². The van der Waals surface area contributed by atoms with Crippen molar-refractivity contribution in [2.24, 2.45) is 0 Å². The number of benzene rings is 1. The van der Waals surface area contributed by atoms with Crippen molar-refractivity contribution in [1.82, 2.24) is 9.78 Å². The molecular weight excluding hydrogens is 568 g/mol. The number of nitriles is 1. The standard InChI is InChI=1S/C15H8Cl2F6N4O2S.CH2Cl2/c1-3-26(2)13-12(30(28,29)15(21,22)23)10(6-24)25-27(13)11-8(16)4-7(5-9(11)17)14(18,19)20;2-1-3/h3-5H,1H2,2H3;1H2. The number of aromatic nitrogens is 2. The molecule has 0 aliphatic rings. The van der Waals surface area contributed by atoms with Crippen molar-refractivity contribution in [2.75, 3.05) is 17.3 Å². The van der Waals surface area contributed by atoms with Gasteiger partial charge in [-0.2, -0.15) is 36.7 Å². The molecule has 0 bridgehead atoms. The maximum absolute atomic E-state index is 13.2. The summed E-state index contributed by atoms with van der Waals surface area (Å²) in [6.45, 7) is 3.29. The fraction of sp³-hybridized carbons (Fsp3) is 0.250. The van der Waals surface area contributed by atoms with Gasteiger partial charge in [-0.1, -0.05) is 29.8 Å². The van der Waals surface area contributed by atoms with Crippen LogP contribution in [-0.4, -0.2) is 36.1 Å². The van der Waals surface area contributed by atoms with Crippen LogP contribution in [0.5, 0.6) is 0 Å². The van der Waals surface area contributed by atoms with Gasteiger partial charge in [0, 0.05) is 7.05 Å². The van der Waals surface area contributed by atoms with Crippen LogP contribution in [0.25, 0.3) is 5.69 Å². The van der Waals surface area contributed by atoms with Gasteiger partial charge in [0.1, 0.15) is 11.8 Å². The van der Waals surface area contributed by atoms with Crippen molar-refractivity contribution in [2.45, 2.75) is 16.6 Å². The third-order valence-electron chi connectivity index (χ3n) is 3.66. The number of rotatable bonds is 4. The lowest BCUT2D eigenvalue weighted by molar-refractivity contribution is -0.137. The molecule has 0 saturated carbocycles. The number of hydrogen-bond acceptors (Lipinski definition) is 5. The average molecular weight is 578 g/mol. The number of hydrogen-bond donors (Lipinski definition) is 0. The van der Waals surface area contributed by atoms with Crippen molar-refractivity contribution in [3.05, 3.63) is 46.2 Å². The summed E-state index contributed by atoms with van der Waals surface area (Å²) < 4.78 is 103. The van der Waals surface area contributed by atoms with Crippen LogP contribution < -0.4 is 4.90 Å². The minimum atomic E-state index is -6.11.